The number of rotatable bonds is 4. The van der Waals surface area contributed by atoms with E-state index in [2.05, 4.69) is 13.2 Å². The molecule has 0 fully saturated rings. The molecular formula is C8H14MgO6S2. The summed E-state index contributed by atoms with van der Waals surface area (Å²) < 4.78 is 59.0. The second kappa shape index (κ2) is 9.06. The van der Waals surface area contributed by atoms with Gasteiger partial charge in [-0.05, 0) is 13.8 Å². The average Bonchev–Trinajstić information content (AvgIpc) is 1.72. The van der Waals surface area contributed by atoms with Crippen molar-refractivity contribution >= 4 is 43.3 Å². The Balaban J connectivity index is -0.000000218. The van der Waals surface area contributed by atoms with Gasteiger partial charge in [0.2, 0.25) is 0 Å². The molecular weight excluding hydrogens is 281 g/mol. The summed E-state index contributed by atoms with van der Waals surface area (Å²) in [6, 6.07) is 0. The fraction of sp³-hybridized carbons (Fsp3) is 0.500. The molecule has 9 heteroatoms. The predicted octanol–water partition coefficient (Wildman–Crippen LogP) is -0.165. The molecule has 0 spiro atoms. The van der Waals surface area contributed by atoms with Crippen molar-refractivity contribution in [3.05, 3.63) is 24.3 Å². The van der Waals surface area contributed by atoms with Gasteiger partial charge >= 0.3 is 23.1 Å². The molecule has 0 aliphatic rings. The van der Waals surface area contributed by atoms with Gasteiger partial charge in [0.25, 0.3) is 0 Å². The maximum absolute atomic E-state index is 9.83. The van der Waals surface area contributed by atoms with Crippen LogP contribution in [0.2, 0.25) is 0 Å². The molecule has 17 heavy (non-hydrogen) atoms. The van der Waals surface area contributed by atoms with Gasteiger partial charge in [-0.1, -0.05) is 24.3 Å². The molecule has 6 nitrogen and oxygen atoms in total. The minimum absolute atomic E-state index is 0. The van der Waals surface area contributed by atoms with Crippen molar-refractivity contribution < 1.29 is 25.9 Å². The molecule has 0 aromatic rings. The third-order valence-electron chi connectivity index (χ3n) is 0.846. The van der Waals surface area contributed by atoms with Crippen molar-refractivity contribution in [2.24, 2.45) is 0 Å². The Morgan fingerprint density at radius 3 is 1.06 bits per heavy atom. The van der Waals surface area contributed by atoms with Gasteiger partial charge in [0.05, 0.1) is 31.7 Å². The topological polar surface area (TPSA) is 114 Å². The van der Waals surface area contributed by atoms with Crippen LogP contribution in [0.3, 0.4) is 0 Å². The van der Waals surface area contributed by atoms with E-state index in [1.165, 1.54) is 13.8 Å². The van der Waals surface area contributed by atoms with E-state index in [-0.39, 0.29) is 23.1 Å². The molecule has 0 N–H and O–H groups in total. The van der Waals surface area contributed by atoms with Crippen molar-refractivity contribution in [3.63, 3.8) is 0 Å². The van der Waals surface area contributed by atoms with Crippen LogP contribution in [-0.4, -0.2) is 60.5 Å². The average molecular weight is 295 g/mol. The minimum Gasteiger partial charge on any atom is -0.748 e. The van der Waals surface area contributed by atoms with E-state index < -0.39 is 31.7 Å². The van der Waals surface area contributed by atoms with Crippen LogP contribution in [0.4, 0.5) is 0 Å². The number of hydrogen-bond donors (Lipinski definition) is 0. The molecule has 0 amide bonds. The minimum atomic E-state index is -4.07. The molecule has 0 aromatic heterocycles. The Labute approximate surface area is 118 Å². The number of hydrogen-bond acceptors (Lipinski definition) is 6. The largest absolute Gasteiger partial charge is 2.00 e. The van der Waals surface area contributed by atoms with Gasteiger partial charge in [-0.2, -0.15) is 0 Å². The second-order valence-electron chi connectivity index (χ2n) is 3.32. The molecule has 0 saturated carbocycles. The van der Waals surface area contributed by atoms with Crippen LogP contribution in [0.5, 0.6) is 0 Å². The van der Waals surface area contributed by atoms with Crippen molar-refractivity contribution in [3.8, 4) is 0 Å². The molecule has 0 aliphatic heterocycles. The molecule has 0 unspecified atom stereocenters. The van der Waals surface area contributed by atoms with E-state index in [1.54, 1.807) is 0 Å². The summed E-state index contributed by atoms with van der Waals surface area (Å²) in [5.41, 5.74) is 0.750. The Morgan fingerprint density at radius 2 is 1.06 bits per heavy atom. The van der Waals surface area contributed by atoms with Crippen LogP contribution in [0, 0.1) is 0 Å². The van der Waals surface area contributed by atoms with Gasteiger partial charge in [-0.15, -0.1) is 0 Å². The van der Waals surface area contributed by atoms with E-state index in [4.69, 9.17) is 0 Å². The van der Waals surface area contributed by atoms with Gasteiger partial charge in [-0.3, -0.25) is 0 Å². The van der Waals surface area contributed by atoms with Crippen LogP contribution >= 0.6 is 0 Å². The van der Waals surface area contributed by atoms with Gasteiger partial charge < -0.3 is 9.11 Å². The van der Waals surface area contributed by atoms with Crippen LogP contribution in [0.1, 0.15) is 13.8 Å². The summed E-state index contributed by atoms with van der Waals surface area (Å²) in [5.74, 6) is -0.903. The molecule has 0 atom stereocenters. The smallest absolute Gasteiger partial charge is 0.748 e. The zero-order valence-corrected chi connectivity index (χ0v) is 12.8. The fourth-order valence-electron chi connectivity index (χ4n) is 0.604. The maximum Gasteiger partial charge on any atom is 2.00 e. The van der Waals surface area contributed by atoms with Crippen LogP contribution in [-0.2, 0) is 20.2 Å². The normalized spacial score (nSPS) is 10.6. The van der Waals surface area contributed by atoms with Gasteiger partial charge in [-0.25, -0.2) is 16.8 Å². The summed E-state index contributed by atoms with van der Waals surface area (Å²) in [4.78, 5) is 0. The quantitative estimate of drug-likeness (QED) is 0.404. The zero-order chi connectivity index (χ0) is 13.6. The van der Waals surface area contributed by atoms with E-state index >= 15 is 0 Å². The molecule has 0 rings (SSSR count). The molecule has 0 heterocycles. The van der Waals surface area contributed by atoms with E-state index in [1.807, 2.05) is 0 Å². The van der Waals surface area contributed by atoms with Crippen molar-refractivity contribution in [1.29, 1.82) is 0 Å². The first kappa shape index (κ1) is 22.3. The molecule has 0 aliphatic carbocycles. The van der Waals surface area contributed by atoms with E-state index in [0.717, 1.165) is 0 Å². The van der Waals surface area contributed by atoms with E-state index in [0.29, 0.717) is 11.1 Å². The van der Waals surface area contributed by atoms with Crippen molar-refractivity contribution in [2.75, 3.05) is 11.5 Å². The summed E-state index contributed by atoms with van der Waals surface area (Å²) in [7, 11) is -8.15. The molecule has 0 aromatic carbocycles. The zero-order valence-electron chi connectivity index (χ0n) is 9.80. The fourth-order valence-corrected chi connectivity index (χ4v) is 1.81. The summed E-state index contributed by atoms with van der Waals surface area (Å²) in [6.45, 7) is 9.51. The summed E-state index contributed by atoms with van der Waals surface area (Å²) >= 11 is 0. The molecule has 0 saturated heterocycles. The standard InChI is InChI=1S/2C4H8O3S.Mg/c2*1-4(2)3-8(5,6)7;/h2*1,3H2,2H3,(H,5,6,7);/q;;+2/p-2. The first-order chi connectivity index (χ1) is 6.83. The van der Waals surface area contributed by atoms with Crippen molar-refractivity contribution in [2.45, 2.75) is 13.8 Å². The molecule has 0 radical (unpaired) electrons. The van der Waals surface area contributed by atoms with Crippen LogP contribution < -0.4 is 0 Å². The third-order valence-corrected chi connectivity index (χ3v) is 2.54. The van der Waals surface area contributed by atoms with Crippen LogP contribution in [0.15, 0.2) is 24.3 Å². The van der Waals surface area contributed by atoms with Gasteiger partial charge in [0, 0.05) is 0 Å². The predicted molar refractivity (Wildman–Crippen MR) is 64.5 cm³/mol. The summed E-state index contributed by atoms with van der Waals surface area (Å²) in [6.07, 6.45) is 0. The SMILES string of the molecule is C=C(C)CS(=O)(=O)[O-].C=C(C)CS(=O)(=O)[O-].[Mg+2]. The molecule has 96 valence electrons. The maximum atomic E-state index is 9.83. The van der Waals surface area contributed by atoms with Crippen molar-refractivity contribution in [1.82, 2.24) is 0 Å². The molecule has 0 bridgehead atoms. The summed E-state index contributed by atoms with van der Waals surface area (Å²) in [5, 5.41) is 0. The Kier molecular flexibility index (Phi) is 11.9. The monoisotopic (exact) mass is 294 g/mol. The Bertz CT molecular complexity index is 404. The van der Waals surface area contributed by atoms with Crippen LogP contribution in [0.25, 0.3) is 0 Å². The first-order valence-corrected chi connectivity index (χ1v) is 7.15. The van der Waals surface area contributed by atoms with Gasteiger partial charge in [0.1, 0.15) is 0 Å². The third kappa shape index (κ3) is 31.4. The van der Waals surface area contributed by atoms with E-state index in [9.17, 15) is 25.9 Å². The Hall–Kier alpha value is 0.0662. The second-order valence-corrected chi connectivity index (χ2v) is 6.13. The van der Waals surface area contributed by atoms with Gasteiger partial charge in [0.15, 0.2) is 0 Å². The first-order valence-electron chi connectivity index (χ1n) is 3.99. The Morgan fingerprint density at radius 1 is 0.882 bits per heavy atom.